The summed E-state index contributed by atoms with van der Waals surface area (Å²) >= 11 is 1.37. The Morgan fingerprint density at radius 2 is 1.72 bits per heavy atom. The fourth-order valence-corrected chi connectivity index (χ4v) is 4.57. The van der Waals surface area contributed by atoms with Crippen molar-refractivity contribution in [1.29, 1.82) is 0 Å². The number of fused-ring (bicyclic) bond motifs is 1. The lowest BCUT2D eigenvalue weighted by atomic mass is 10.2. The molecule has 0 unspecified atom stereocenters. The number of rotatable bonds is 9. The lowest BCUT2D eigenvalue weighted by Gasteiger charge is -2.20. The zero-order chi connectivity index (χ0) is 23.1. The van der Waals surface area contributed by atoms with Gasteiger partial charge in [-0.3, -0.25) is 4.79 Å². The number of hydrogen-bond acceptors (Lipinski definition) is 6. The normalized spacial score (nSPS) is 11.7. The van der Waals surface area contributed by atoms with E-state index in [9.17, 15) is 9.59 Å². The van der Waals surface area contributed by atoms with E-state index in [1.54, 1.807) is 12.1 Å². The molecule has 32 heavy (non-hydrogen) atoms. The molecule has 0 saturated heterocycles. The molecule has 0 spiro atoms. The molecule has 0 bridgehead atoms. The molecule has 0 saturated carbocycles. The summed E-state index contributed by atoms with van der Waals surface area (Å²) in [5, 5.41) is 0. The molecule has 0 radical (unpaired) electrons. The van der Waals surface area contributed by atoms with E-state index in [1.165, 1.54) is 18.4 Å². The number of carbonyl (C=O) groups excluding carboxylic acids is 2. The summed E-state index contributed by atoms with van der Waals surface area (Å²) in [5.74, 6) is -0.704. The van der Waals surface area contributed by atoms with E-state index in [4.69, 9.17) is 9.47 Å². The first-order valence-corrected chi connectivity index (χ1v) is 11.6. The van der Waals surface area contributed by atoms with Crippen molar-refractivity contribution in [2.75, 3.05) is 38.3 Å². The van der Waals surface area contributed by atoms with Crippen molar-refractivity contribution >= 4 is 39.1 Å². The van der Waals surface area contributed by atoms with Gasteiger partial charge in [-0.15, -0.1) is 0 Å². The molecule has 2 aromatic carbocycles. The molecule has 3 aromatic rings. The molecular weight excluding hydrogens is 426 g/mol. The highest BCUT2D eigenvalue weighted by Crippen LogP contribution is 2.20. The van der Waals surface area contributed by atoms with Crippen LogP contribution in [0, 0.1) is 0 Å². The smallest absolute Gasteiger partial charge is 0.337 e. The lowest BCUT2D eigenvalue weighted by Crippen LogP contribution is -2.21. The molecule has 0 fully saturated rings. The third kappa shape index (κ3) is 5.26. The van der Waals surface area contributed by atoms with Crippen LogP contribution >= 0.6 is 11.3 Å². The van der Waals surface area contributed by atoms with Gasteiger partial charge < -0.3 is 18.9 Å². The highest BCUT2D eigenvalue weighted by Gasteiger charge is 2.13. The van der Waals surface area contributed by atoms with Gasteiger partial charge in [0.1, 0.15) is 0 Å². The maximum atomic E-state index is 12.9. The van der Waals surface area contributed by atoms with Crippen molar-refractivity contribution in [2.24, 2.45) is 4.99 Å². The highest BCUT2D eigenvalue weighted by molar-refractivity contribution is 7.16. The predicted molar refractivity (Wildman–Crippen MR) is 128 cm³/mol. The number of methoxy groups -OCH3 is 1. The van der Waals surface area contributed by atoms with E-state index in [0.29, 0.717) is 35.7 Å². The topological polar surface area (TPSA) is 73.1 Å². The van der Waals surface area contributed by atoms with Crippen LogP contribution in [0.1, 0.15) is 41.5 Å². The summed E-state index contributed by atoms with van der Waals surface area (Å²) in [6.45, 7) is 9.62. The Balaban J connectivity index is 1.99. The molecule has 1 aromatic heterocycles. The van der Waals surface area contributed by atoms with E-state index in [2.05, 4.69) is 23.7 Å². The Labute approximate surface area is 191 Å². The van der Waals surface area contributed by atoms with Gasteiger partial charge in [0.15, 0.2) is 4.80 Å². The highest BCUT2D eigenvalue weighted by atomic mass is 32.1. The van der Waals surface area contributed by atoms with Crippen LogP contribution in [0.4, 0.5) is 5.69 Å². The Morgan fingerprint density at radius 1 is 1.03 bits per heavy atom. The van der Waals surface area contributed by atoms with Crippen molar-refractivity contribution < 1.29 is 19.1 Å². The fourth-order valence-electron chi connectivity index (χ4n) is 3.47. The zero-order valence-corrected chi connectivity index (χ0v) is 19.8. The maximum Gasteiger partial charge on any atom is 0.337 e. The number of benzene rings is 2. The fraction of sp³-hybridized carbons (Fsp3) is 0.375. The quantitative estimate of drug-likeness (QED) is 0.359. The number of aromatic nitrogens is 1. The van der Waals surface area contributed by atoms with Gasteiger partial charge >= 0.3 is 5.97 Å². The van der Waals surface area contributed by atoms with E-state index in [1.807, 2.05) is 41.8 Å². The van der Waals surface area contributed by atoms with Gasteiger partial charge in [-0.1, -0.05) is 11.3 Å². The Morgan fingerprint density at radius 3 is 2.34 bits per heavy atom. The molecule has 170 valence electrons. The van der Waals surface area contributed by atoms with E-state index >= 15 is 0 Å². The van der Waals surface area contributed by atoms with Gasteiger partial charge in [-0.05, 0) is 63.2 Å². The Kier molecular flexibility index (Phi) is 8.19. The minimum atomic E-state index is -0.399. The SMILES string of the molecule is CCOCCn1c(=NC(=O)c2ccc(N(CC)CC)cc2)sc2cc(C(=O)OC)ccc21. The largest absolute Gasteiger partial charge is 0.465 e. The van der Waals surface area contributed by atoms with E-state index in [0.717, 1.165) is 29.0 Å². The molecule has 3 rings (SSSR count). The van der Waals surface area contributed by atoms with Gasteiger partial charge in [-0.2, -0.15) is 4.99 Å². The van der Waals surface area contributed by atoms with Crippen LogP contribution in [0.3, 0.4) is 0 Å². The van der Waals surface area contributed by atoms with Gasteiger partial charge in [-0.25, -0.2) is 4.79 Å². The summed E-state index contributed by atoms with van der Waals surface area (Å²) in [6.07, 6.45) is 0. The van der Waals surface area contributed by atoms with Crippen molar-refractivity contribution in [3.63, 3.8) is 0 Å². The average molecular weight is 456 g/mol. The molecule has 1 amide bonds. The minimum Gasteiger partial charge on any atom is -0.465 e. The van der Waals surface area contributed by atoms with Gasteiger partial charge in [0.2, 0.25) is 0 Å². The number of esters is 1. The molecular formula is C24H29N3O4S. The number of thiazole rings is 1. The first-order valence-electron chi connectivity index (χ1n) is 10.8. The number of ether oxygens (including phenoxy) is 2. The van der Waals surface area contributed by atoms with Crippen LogP contribution < -0.4 is 9.70 Å². The summed E-state index contributed by atoms with van der Waals surface area (Å²) in [6, 6.07) is 12.9. The number of hydrogen-bond donors (Lipinski definition) is 0. The summed E-state index contributed by atoms with van der Waals surface area (Å²) in [4.78, 5) is 32.0. The van der Waals surface area contributed by atoms with Crippen molar-refractivity contribution in [3.05, 3.63) is 58.4 Å². The number of carbonyl (C=O) groups is 2. The van der Waals surface area contributed by atoms with Gasteiger partial charge in [0, 0.05) is 37.5 Å². The van der Waals surface area contributed by atoms with Crippen LogP contribution in [-0.4, -0.2) is 49.9 Å². The molecule has 0 aliphatic heterocycles. The second-order valence-electron chi connectivity index (χ2n) is 7.04. The molecule has 0 aliphatic carbocycles. The third-order valence-electron chi connectivity index (χ3n) is 5.21. The molecule has 0 atom stereocenters. The van der Waals surface area contributed by atoms with E-state index in [-0.39, 0.29) is 5.91 Å². The molecule has 1 heterocycles. The predicted octanol–water partition coefficient (Wildman–Crippen LogP) is 4.11. The maximum absolute atomic E-state index is 12.9. The van der Waals surface area contributed by atoms with Crippen LogP contribution in [0.2, 0.25) is 0 Å². The van der Waals surface area contributed by atoms with Crippen LogP contribution in [0.25, 0.3) is 10.2 Å². The van der Waals surface area contributed by atoms with Crippen LogP contribution in [0.5, 0.6) is 0 Å². The van der Waals surface area contributed by atoms with Crippen molar-refractivity contribution in [3.8, 4) is 0 Å². The molecule has 0 N–H and O–H groups in total. The Hall–Kier alpha value is -2.97. The monoisotopic (exact) mass is 455 g/mol. The lowest BCUT2D eigenvalue weighted by molar-refractivity contribution is 0.0600. The average Bonchev–Trinajstić information content (AvgIpc) is 3.16. The second kappa shape index (κ2) is 11.1. The first-order chi connectivity index (χ1) is 15.5. The zero-order valence-electron chi connectivity index (χ0n) is 19.0. The minimum absolute atomic E-state index is 0.305. The van der Waals surface area contributed by atoms with Gasteiger partial charge in [0.05, 0.1) is 29.5 Å². The Bertz CT molecular complexity index is 1140. The number of nitrogens with zero attached hydrogens (tertiary/aromatic N) is 3. The second-order valence-corrected chi connectivity index (χ2v) is 8.05. The van der Waals surface area contributed by atoms with Crippen molar-refractivity contribution in [2.45, 2.75) is 27.3 Å². The summed E-state index contributed by atoms with van der Waals surface area (Å²) in [7, 11) is 1.36. The van der Waals surface area contributed by atoms with Crippen LogP contribution in [0.15, 0.2) is 47.5 Å². The van der Waals surface area contributed by atoms with Gasteiger partial charge in [0.25, 0.3) is 5.91 Å². The number of amides is 1. The van der Waals surface area contributed by atoms with Crippen molar-refractivity contribution in [1.82, 2.24) is 4.57 Å². The molecule has 8 heteroatoms. The first kappa shape index (κ1) is 23.7. The van der Waals surface area contributed by atoms with Crippen LogP contribution in [-0.2, 0) is 16.0 Å². The van der Waals surface area contributed by atoms with E-state index < -0.39 is 5.97 Å². The standard InChI is InChI=1S/C24H29N3O4S/c1-5-26(6-2)19-11-8-17(9-12-19)22(28)25-24-27(14-15-31-7-3)20-13-10-18(23(29)30-4)16-21(20)32-24/h8-13,16H,5-7,14-15H2,1-4H3. The third-order valence-corrected chi connectivity index (χ3v) is 6.25. The summed E-state index contributed by atoms with van der Waals surface area (Å²) in [5.41, 5.74) is 2.97. The number of anilines is 1. The molecule has 7 nitrogen and oxygen atoms in total. The summed E-state index contributed by atoms with van der Waals surface area (Å²) < 4.78 is 13.2. The molecule has 0 aliphatic rings.